The van der Waals surface area contributed by atoms with E-state index in [1.165, 1.54) is 6.92 Å². The molecule has 0 unspecified atom stereocenters. The molecule has 2 bridgehead atoms. The third-order valence-electron chi connectivity index (χ3n) is 5.86. The van der Waals surface area contributed by atoms with E-state index in [0.29, 0.717) is 5.92 Å². The van der Waals surface area contributed by atoms with Crippen molar-refractivity contribution in [1.82, 2.24) is 0 Å². The molecule has 2 aliphatic rings. The molecule has 0 saturated heterocycles. The van der Waals surface area contributed by atoms with Crippen LogP contribution in [0.5, 0.6) is 0 Å². The summed E-state index contributed by atoms with van der Waals surface area (Å²) in [6.45, 7) is 11.5. The van der Waals surface area contributed by atoms with Crippen LogP contribution in [0.4, 0.5) is 0 Å². The number of hydrogen-bond donors (Lipinski definition) is 0. The summed E-state index contributed by atoms with van der Waals surface area (Å²) < 4.78 is 15.2. The predicted molar refractivity (Wildman–Crippen MR) is 100 cm³/mol. The van der Waals surface area contributed by atoms with Crippen molar-refractivity contribution in [2.24, 2.45) is 16.7 Å². The second kappa shape index (κ2) is 7.14. The van der Waals surface area contributed by atoms with E-state index in [2.05, 4.69) is 13.8 Å². The molecule has 150 valence electrons. The van der Waals surface area contributed by atoms with E-state index in [4.69, 9.17) is 37.4 Å². The normalized spacial score (nSPS) is 30.3. The zero-order chi connectivity index (χ0) is 20.0. The molecule has 0 radical (unpaired) electrons. The topological polar surface area (TPSA) is 61.8 Å². The molecule has 7 heteroatoms. The first-order chi connectivity index (χ1) is 11.7. The van der Waals surface area contributed by atoms with Crippen LogP contribution in [0.2, 0.25) is 0 Å². The summed E-state index contributed by atoms with van der Waals surface area (Å²) in [6, 6.07) is 0. The summed E-state index contributed by atoms with van der Waals surface area (Å²) in [5.41, 5.74) is -1.40. The SMILES string of the molecule is CC(C)(C)OC(=O)[C@]12CC[C@H](C[C@H]1OCCOC(=O)C(C)(Cl)Cl)C2(C)C. The molecule has 0 aliphatic heterocycles. The summed E-state index contributed by atoms with van der Waals surface area (Å²) >= 11 is 11.4. The summed E-state index contributed by atoms with van der Waals surface area (Å²) in [4.78, 5) is 24.7. The molecule has 5 nitrogen and oxygen atoms in total. The van der Waals surface area contributed by atoms with Gasteiger partial charge in [0, 0.05) is 0 Å². The van der Waals surface area contributed by atoms with Crippen LogP contribution < -0.4 is 0 Å². The highest BCUT2D eigenvalue weighted by Gasteiger charge is 2.69. The smallest absolute Gasteiger partial charge is 0.342 e. The number of hydrogen-bond acceptors (Lipinski definition) is 5. The second-order valence-corrected chi connectivity index (χ2v) is 10.8. The Bertz CT molecular complexity index is 561. The maximum absolute atomic E-state index is 13.1. The van der Waals surface area contributed by atoms with Crippen molar-refractivity contribution in [1.29, 1.82) is 0 Å². The van der Waals surface area contributed by atoms with Crippen LogP contribution in [0, 0.1) is 16.7 Å². The summed E-state index contributed by atoms with van der Waals surface area (Å²) in [5, 5.41) is 0. The summed E-state index contributed by atoms with van der Waals surface area (Å²) in [7, 11) is 0. The van der Waals surface area contributed by atoms with E-state index < -0.39 is 21.3 Å². The highest BCUT2D eigenvalue weighted by molar-refractivity contribution is 6.57. The molecule has 3 atom stereocenters. The highest BCUT2D eigenvalue weighted by atomic mass is 35.5. The van der Waals surface area contributed by atoms with Gasteiger partial charge in [0.2, 0.25) is 4.33 Å². The average Bonchev–Trinajstić information content (AvgIpc) is 2.84. The van der Waals surface area contributed by atoms with Crippen molar-refractivity contribution in [3.63, 3.8) is 0 Å². The van der Waals surface area contributed by atoms with Crippen LogP contribution in [0.1, 0.15) is 60.8 Å². The molecule has 0 amide bonds. The number of carbonyl (C=O) groups is 2. The van der Waals surface area contributed by atoms with Crippen LogP contribution in [-0.4, -0.2) is 41.2 Å². The molecule has 0 aromatic rings. The van der Waals surface area contributed by atoms with Gasteiger partial charge in [0.05, 0.1) is 18.1 Å². The highest BCUT2D eigenvalue weighted by Crippen LogP contribution is 2.67. The zero-order valence-corrected chi connectivity index (χ0v) is 18.0. The maximum atomic E-state index is 13.1. The van der Waals surface area contributed by atoms with Gasteiger partial charge in [-0.25, -0.2) is 4.79 Å². The van der Waals surface area contributed by atoms with Crippen LogP contribution >= 0.6 is 23.2 Å². The van der Waals surface area contributed by atoms with Crippen molar-refractivity contribution < 1.29 is 23.8 Å². The second-order valence-electron chi connectivity index (χ2n) is 9.05. The van der Waals surface area contributed by atoms with E-state index in [1.807, 2.05) is 20.8 Å². The lowest BCUT2D eigenvalue weighted by Crippen LogP contribution is -2.50. The van der Waals surface area contributed by atoms with Crippen LogP contribution in [0.25, 0.3) is 0 Å². The Morgan fingerprint density at radius 3 is 2.23 bits per heavy atom. The number of ether oxygens (including phenoxy) is 3. The minimum Gasteiger partial charge on any atom is -0.461 e. The van der Waals surface area contributed by atoms with E-state index in [1.54, 1.807) is 0 Å². The third kappa shape index (κ3) is 4.00. The van der Waals surface area contributed by atoms with Crippen LogP contribution in [0.3, 0.4) is 0 Å². The lowest BCUT2D eigenvalue weighted by atomic mass is 9.68. The molecular formula is C19H30Cl2O5. The van der Waals surface area contributed by atoms with Gasteiger partial charge in [-0.05, 0) is 58.3 Å². The molecule has 0 aromatic heterocycles. The first-order valence-corrected chi connectivity index (χ1v) is 9.87. The first-order valence-electron chi connectivity index (χ1n) is 9.12. The van der Waals surface area contributed by atoms with Crippen molar-refractivity contribution >= 4 is 35.1 Å². The van der Waals surface area contributed by atoms with Crippen molar-refractivity contribution in [3.8, 4) is 0 Å². The molecule has 2 fully saturated rings. The summed E-state index contributed by atoms with van der Waals surface area (Å²) in [6.07, 6.45) is 2.31. The molecule has 2 rings (SSSR count). The zero-order valence-electron chi connectivity index (χ0n) is 16.5. The number of esters is 2. The average molecular weight is 409 g/mol. The quantitative estimate of drug-likeness (QED) is 0.372. The molecule has 0 N–H and O–H groups in total. The van der Waals surface area contributed by atoms with Crippen LogP contribution in [-0.2, 0) is 23.8 Å². The van der Waals surface area contributed by atoms with Crippen molar-refractivity contribution in [3.05, 3.63) is 0 Å². The molecule has 2 saturated carbocycles. The van der Waals surface area contributed by atoms with Gasteiger partial charge in [0.1, 0.15) is 12.2 Å². The Balaban J connectivity index is 2.04. The van der Waals surface area contributed by atoms with Gasteiger partial charge in [-0.3, -0.25) is 4.79 Å². The lowest BCUT2D eigenvalue weighted by Gasteiger charge is -2.41. The fourth-order valence-corrected chi connectivity index (χ4v) is 4.53. The summed E-state index contributed by atoms with van der Waals surface area (Å²) in [5.74, 6) is -0.484. The van der Waals surface area contributed by atoms with E-state index >= 15 is 0 Å². The Morgan fingerprint density at radius 1 is 1.12 bits per heavy atom. The van der Waals surface area contributed by atoms with Gasteiger partial charge >= 0.3 is 11.9 Å². The maximum Gasteiger partial charge on any atom is 0.342 e. The third-order valence-corrected chi connectivity index (χ3v) is 6.17. The van der Waals surface area contributed by atoms with Gasteiger partial charge in [-0.1, -0.05) is 37.0 Å². The van der Waals surface area contributed by atoms with Crippen molar-refractivity contribution in [2.45, 2.75) is 76.8 Å². The molecular weight excluding hydrogens is 379 g/mol. The molecule has 2 aliphatic carbocycles. The van der Waals surface area contributed by atoms with E-state index in [0.717, 1.165) is 19.3 Å². The van der Waals surface area contributed by atoms with Gasteiger partial charge < -0.3 is 14.2 Å². The largest absolute Gasteiger partial charge is 0.461 e. The van der Waals surface area contributed by atoms with E-state index in [9.17, 15) is 9.59 Å². The van der Waals surface area contributed by atoms with Crippen molar-refractivity contribution in [2.75, 3.05) is 13.2 Å². The number of halogens is 2. The standard InChI is InChI=1S/C19H30Cl2O5/c1-16(2,3)26-15(23)19-8-7-12(17(19,4)5)11-13(19)24-9-10-25-14(22)18(6,20)21/h12-13H,7-11H2,1-6H3/t12-,13-,19+/m1/s1. The predicted octanol–water partition coefficient (Wildman–Crippen LogP) is 4.28. The Hall–Kier alpha value is -0.520. The minimum absolute atomic E-state index is 0.0415. The molecule has 0 spiro atoms. The lowest BCUT2D eigenvalue weighted by molar-refractivity contribution is -0.185. The Morgan fingerprint density at radius 2 is 1.73 bits per heavy atom. The Labute approximate surface area is 166 Å². The van der Waals surface area contributed by atoms with E-state index in [-0.39, 0.29) is 30.7 Å². The Kier molecular flexibility index (Phi) is 5.98. The number of alkyl halides is 2. The number of carbonyl (C=O) groups excluding carboxylic acids is 2. The van der Waals surface area contributed by atoms with Gasteiger partial charge in [0.25, 0.3) is 0 Å². The monoisotopic (exact) mass is 408 g/mol. The first kappa shape index (κ1) is 21.8. The number of fused-ring (bicyclic) bond motifs is 2. The van der Waals surface area contributed by atoms with Crippen LogP contribution in [0.15, 0.2) is 0 Å². The van der Waals surface area contributed by atoms with Gasteiger partial charge in [0.15, 0.2) is 0 Å². The fourth-order valence-electron chi connectivity index (χ4n) is 4.42. The van der Waals surface area contributed by atoms with Gasteiger partial charge in [-0.15, -0.1) is 0 Å². The molecule has 0 aromatic carbocycles. The van der Waals surface area contributed by atoms with Gasteiger partial charge in [-0.2, -0.15) is 0 Å². The fraction of sp³-hybridized carbons (Fsp3) is 0.895. The minimum atomic E-state index is -1.58. The molecule has 0 heterocycles. The molecule has 26 heavy (non-hydrogen) atoms. The number of rotatable bonds is 6.